The van der Waals surface area contributed by atoms with Gasteiger partial charge < -0.3 is 4.74 Å². The van der Waals surface area contributed by atoms with E-state index in [1.165, 1.54) is 12.7 Å². The van der Waals surface area contributed by atoms with Gasteiger partial charge in [0.05, 0.1) is 12.7 Å². The molecule has 0 heterocycles. The van der Waals surface area contributed by atoms with Gasteiger partial charge in [0.2, 0.25) is 0 Å². The fraction of sp³-hybridized carbons (Fsp3) is 0.719. The summed E-state index contributed by atoms with van der Waals surface area (Å²) >= 11 is 0. The van der Waals surface area contributed by atoms with Crippen LogP contribution in [0.1, 0.15) is 115 Å². The zero-order valence-corrected chi connectivity index (χ0v) is 25.5. The first-order valence-electron chi connectivity index (χ1n) is 14.3. The highest BCUT2D eigenvalue weighted by molar-refractivity contribution is 6.02. The van der Waals surface area contributed by atoms with E-state index in [4.69, 9.17) is 4.74 Å². The van der Waals surface area contributed by atoms with Crippen molar-refractivity contribution in [1.29, 1.82) is 5.26 Å². The third-order valence-corrected chi connectivity index (χ3v) is 7.71. The molecule has 0 saturated heterocycles. The minimum atomic E-state index is -0.296. The molecule has 0 radical (unpaired) electrons. The van der Waals surface area contributed by atoms with Crippen molar-refractivity contribution < 1.29 is 14.3 Å². The lowest BCUT2D eigenvalue weighted by Crippen LogP contribution is -2.51. The Morgan fingerprint density at radius 2 is 1.69 bits per heavy atom. The summed E-state index contributed by atoms with van der Waals surface area (Å²) in [6.07, 6.45) is 9.32. The number of ketones is 1. The van der Waals surface area contributed by atoms with E-state index in [1.807, 2.05) is 68.4 Å². The molecule has 1 saturated carbocycles. The first-order valence-corrected chi connectivity index (χ1v) is 14.3. The molecule has 36 heavy (non-hydrogen) atoms. The third kappa shape index (κ3) is 7.67. The van der Waals surface area contributed by atoms with Gasteiger partial charge in [-0.3, -0.25) is 9.59 Å². The van der Waals surface area contributed by atoms with Crippen molar-refractivity contribution >= 4 is 11.8 Å². The maximum absolute atomic E-state index is 12.6. The van der Waals surface area contributed by atoms with Crippen LogP contribution in [-0.2, 0) is 14.3 Å². The van der Waals surface area contributed by atoms with E-state index in [-0.39, 0.29) is 34.4 Å². The van der Waals surface area contributed by atoms with Crippen molar-refractivity contribution in [2.45, 2.75) is 115 Å². The standard InChI is InChI=1S/C24H31NO3.4C2H6/c1-15-11-18(7-6-8-21(26)28-5)23(3)10-9-19-16(2)22(27)17(14-25)13-24(19,4)20(23)12-15;4*1-2/h12-13,16,18-19H,1,6-11H2,2-5H3;4*1-2H3/t16?,18?,19?,23?,24-;;;;/m0..../s1. The van der Waals surface area contributed by atoms with Crippen LogP contribution in [0.2, 0.25) is 0 Å². The Hall–Kier alpha value is -2.15. The van der Waals surface area contributed by atoms with Gasteiger partial charge in [-0.2, -0.15) is 5.26 Å². The molecule has 0 aromatic carbocycles. The fourth-order valence-corrected chi connectivity index (χ4v) is 6.11. The molecule has 0 spiro atoms. The highest BCUT2D eigenvalue weighted by Gasteiger charge is 2.56. The Balaban J connectivity index is 0. The Morgan fingerprint density at radius 3 is 2.19 bits per heavy atom. The van der Waals surface area contributed by atoms with E-state index >= 15 is 0 Å². The summed E-state index contributed by atoms with van der Waals surface area (Å²) in [6, 6.07) is 2.14. The first-order chi connectivity index (χ1) is 17.2. The lowest BCUT2D eigenvalue weighted by molar-refractivity contribution is -0.140. The van der Waals surface area contributed by atoms with Crippen molar-refractivity contribution in [3.8, 4) is 6.07 Å². The lowest BCUT2D eigenvalue weighted by atomic mass is 9.45. The Morgan fingerprint density at radius 1 is 1.14 bits per heavy atom. The average molecular weight is 502 g/mol. The second-order valence-corrected chi connectivity index (χ2v) is 9.25. The topological polar surface area (TPSA) is 67.2 Å². The van der Waals surface area contributed by atoms with E-state index in [1.54, 1.807) is 0 Å². The summed E-state index contributed by atoms with van der Waals surface area (Å²) in [5.41, 5.74) is 2.43. The maximum Gasteiger partial charge on any atom is 0.305 e. The van der Waals surface area contributed by atoms with Crippen LogP contribution in [0.5, 0.6) is 0 Å². The van der Waals surface area contributed by atoms with Gasteiger partial charge in [0.1, 0.15) is 6.07 Å². The van der Waals surface area contributed by atoms with Crippen LogP contribution in [0.3, 0.4) is 0 Å². The van der Waals surface area contributed by atoms with Crippen LogP contribution in [0.25, 0.3) is 0 Å². The maximum atomic E-state index is 12.6. The van der Waals surface area contributed by atoms with Gasteiger partial charge in [0.25, 0.3) is 0 Å². The van der Waals surface area contributed by atoms with E-state index in [0.717, 1.165) is 37.7 Å². The van der Waals surface area contributed by atoms with Gasteiger partial charge >= 0.3 is 5.97 Å². The first kappa shape index (κ1) is 36.0. The number of esters is 1. The molecule has 3 rings (SSSR count). The second-order valence-electron chi connectivity index (χ2n) is 9.25. The Kier molecular flexibility index (Phi) is 17.3. The van der Waals surface area contributed by atoms with Crippen LogP contribution in [0, 0.1) is 39.9 Å². The summed E-state index contributed by atoms with van der Waals surface area (Å²) < 4.78 is 4.79. The lowest BCUT2D eigenvalue weighted by Gasteiger charge is -2.58. The number of hydrogen-bond acceptors (Lipinski definition) is 4. The molecule has 0 N–H and O–H groups in total. The molecule has 4 heteroatoms. The number of fused-ring (bicyclic) bond motifs is 3. The second kappa shape index (κ2) is 17.3. The number of nitriles is 1. The summed E-state index contributed by atoms with van der Waals surface area (Å²) in [6.45, 7) is 26.8. The Labute approximate surface area is 223 Å². The molecular formula is C32H55NO3. The number of rotatable bonds is 4. The normalized spacial score (nSPS) is 29.6. The van der Waals surface area contributed by atoms with E-state index in [2.05, 4.69) is 32.6 Å². The van der Waals surface area contributed by atoms with Crippen molar-refractivity contribution in [1.82, 2.24) is 0 Å². The number of nitrogens with zero attached hydrogens (tertiary/aromatic N) is 1. The predicted octanol–water partition coefficient (Wildman–Crippen LogP) is 9.03. The zero-order valence-electron chi connectivity index (χ0n) is 25.5. The predicted molar refractivity (Wildman–Crippen MR) is 153 cm³/mol. The molecule has 0 aromatic heterocycles. The van der Waals surface area contributed by atoms with Crippen LogP contribution >= 0.6 is 0 Å². The van der Waals surface area contributed by atoms with Crippen molar-refractivity contribution in [2.24, 2.45) is 28.6 Å². The number of carbonyl (C=O) groups excluding carboxylic acids is 2. The molecule has 0 bridgehead atoms. The molecule has 206 valence electrons. The fourth-order valence-electron chi connectivity index (χ4n) is 6.11. The molecule has 0 aromatic rings. The van der Waals surface area contributed by atoms with Gasteiger partial charge in [-0.25, -0.2) is 0 Å². The number of ether oxygens (including phenoxy) is 1. The largest absolute Gasteiger partial charge is 0.469 e. The number of hydrogen-bond donors (Lipinski definition) is 0. The van der Waals surface area contributed by atoms with Crippen LogP contribution in [-0.4, -0.2) is 18.9 Å². The smallest absolute Gasteiger partial charge is 0.305 e. The van der Waals surface area contributed by atoms with E-state index in [9.17, 15) is 14.9 Å². The van der Waals surface area contributed by atoms with Gasteiger partial charge in [-0.15, -0.1) is 0 Å². The quantitative estimate of drug-likeness (QED) is 0.360. The minimum Gasteiger partial charge on any atom is -0.469 e. The van der Waals surface area contributed by atoms with Gasteiger partial charge in [0, 0.05) is 17.8 Å². The highest BCUT2D eigenvalue weighted by atomic mass is 16.5. The van der Waals surface area contributed by atoms with Gasteiger partial charge in [-0.1, -0.05) is 106 Å². The van der Waals surface area contributed by atoms with Crippen LogP contribution in [0.15, 0.2) is 35.5 Å². The molecular weight excluding hydrogens is 446 g/mol. The van der Waals surface area contributed by atoms with E-state index in [0.29, 0.717) is 17.9 Å². The SMILES string of the molecule is C=C1C=C2C(C)(CCC3C(C)C(=O)C(C#N)=C[C@]23C)C(CCCC(=O)OC)C1.CC.CC.CC.CC. The average Bonchev–Trinajstić information content (AvgIpc) is 2.92. The number of Topliss-reactive ketones (excluding diaryl/α,β-unsaturated/α-hetero) is 1. The molecule has 0 aliphatic heterocycles. The summed E-state index contributed by atoms with van der Waals surface area (Å²) in [5.74, 6) is 0.321. The number of carbonyl (C=O) groups is 2. The van der Waals surface area contributed by atoms with Crippen LogP contribution < -0.4 is 0 Å². The molecule has 4 unspecified atom stereocenters. The summed E-state index contributed by atoms with van der Waals surface area (Å²) in [7, 11) is 1.43. The molecule has 1 fully saturated rings. The number of allylic oxidation sites excluding steroid dienone is 5. The van der Waals surface area contributed by atoms with Crippen molar-refractivity contribution in [3.63, 3.8) is 0 Å². The van der Waals surface area contributed by atoms with E-state index < -0.39 is 0 Å². The number of methoxy groups -OCH3 is 1. The summed E-state index contributed by atoms with van der Waals surface area (Å²) in [5, 5.41) is 9.52. The Bertz CT molecular complexity index is 816. The van der Waals surface area contributed by atoms with Gasteiger partial charge in [0.15, 0.2) is 5.78 Å². The molecule has 3 aliphatic rings. The monoisotopic (exact) mass is 501 g/mol. The minimum absolute atomic E-state index is 0.000265. The van der Waals surface area contributed by atoms with Crippen molar-refractivity contribution in [3.05, 3.63) is 35.5 Å². The molecule has 4 nitrogen and oxygen atoms in total. The van der Waals surface area contributed by atoms with Gasteiger partial charge in [-0.05, 0) is 49.4 Å². The zero-order chi connectivity index (χ0) is 28.7. The molecule has 0 amide bonds. The van der Waals surface area contributed by atoms with Crippen molar-refractivity contribution in [2.75, 3.05) is 7.11 Å². The third-order valence-electron chi connectivity index (χ3n) is 7.71. The highest BCUT2D eigenvalue weighted by Crippen LogP contribution is 2.64. The van der Waals surface area contributed by atoms with Crippen LogP contribution in [0.4, 0.5) is 0 Å². The molecule has 3 aliphatic carbocycles. The summed E-state index contributed by atoms with van der Waals surface area (Å²) in [4.78, 5) is 24.1. The molecule has 5 atom stereocenters.